The molecule has 0 saturated carbocycles. The molecule has 1 heterocycles. The molecule has 3 aromatic rings. The Morgan fingerprint density at radius 1 is 1.19 bits per heavy atom. The van der Waals surface area contributed by atoms with Gasteiger partial charge in [-0.3, -0.25) is 9.59 Å². The van der Waals surface area contributed by atoms with Crippen LogP contribution in [0.15, 0.2) is 55.1 Å². The van der Waals surface area contributed by atoms with E-state index in [-0.39, 0.29) is 18.4 Å². The zero-order valence-corrected chi connectivity index (χ0v) is 15.0. The summed E-state index contributed by atoms with van der Waals surface area (Å²) in [6, 6.07) is 9.83. The Balaban J connectivity index is 1.69. The van der Waals surface area contributed by atoms with Crippen LogP contribution in [0.1, 0.15) is 28.4 Å². The molecule has 0 aliphatic carbocycles. The quantitative estimate of drug-likeness (QED) is 0.728. The van der Waals surface area contributed by atoms with E-state index >= 15 is 0 Å². The van der Waals surface area contributed by atoms with Crippen LogP contribution in [-0.4, -0.2) is 21.4 Å². The zero-order valence-electron chi connectivity index (χ0n) is 15.0. The van der Waals surface area contributed by atoms with Crippen molar-refractivity contribution in [2.24, 2.45) is 0 Å². The SMILES string of the molecule is CC(=O)Nc1cc(C(=O)NCc2ccc(-n3ccnc3)c(F)c2)ccc1C. The molecule has 0 unspecified atom stereocenters. The lowest BCUT2D eigenvalue weighted by Gasteiger charge is -2.11. The van der Waals surface area contributed by atoms with Gasteiger partial charge in [0.25, 0.3) is 5.91 Å². The molecule has 0 fully saturated rings. The van der Waals surface area contributed by atoms with Crippen LogP contribution in [0.4, 0.5) is 10.1 Å². The number of rotatable bonds is 5. The summed E-state index contributed by atoms with van der Waals surface area (Å²) < 4.78 is 15.9. The number of hydrogen-bond donors (Lipinski definition) is 2. The Labute approximate surface area is 156 Å². The van der Waals surface area contributed by atoms with Crippen molar-refractivity contribution in [3.8, 4) is 5.69 Å². The predicted octanol–water partition coefficient (Wildman–Crippen LogP) is 3.21. The fraction of sp³-hybridized carbons (Fsp3) is 0.150. The number of amides is 2. The van der Waals surface area contributed by atoms with E-state index in [4.69, 9.17) is 0 Å². The van der Waals surface area contributed by atoms with E-state index in [1.165, 1.54) is 19.3 Å². The molecular formula is C20H19FN4O2. The molecule has 1 aromatic heterocycles. The van der Waals surface area contributed by atoms with Crippen molar-refractivity contribution in [3.63, 3.8) is 0 Å². The first-order valence-corrected chi connectivity index (χ1v) is 8.37. The van der Waals surface area contributed by atoms with Crippen LogP contribution in [0.3, 0.4) is 0 Å². The number of carbonyl (C=O) groups is 2. The molecule has 0 radical (unpaired) electrons. The smallest absolute Gasteiger partial charge is 0.251 e. The molecule has 2 aromatic carbocycles. The summed E-state index contributed by atoms with van der Waals surface area (Å²) in [6.45, 7) is 3.44. The molecule has 27 heavy (non-hydrogen) atoms. The first kappa shape index (κ1) is 18.3. The predicted molar refractivity (Wildman–Crippen MR) is 100 cm³/mol. The number of nitrogens with zero attached hydrogens (tertiary/aromatic N) is 2. The number of aryl methyl sites for hydroxylation is 1. The zero-order chi connectivity index (χ0) is 19.4. The largest absolute Gasteiger partial charge is 0.348 e. The second-order valence-corrected chi connectivity index (χ2v) is 6.15. The molecule has 6 nitrogen and oxygen atoms in total. The summed E-state index contributed by atoms with van der Waals surface area (Å²) in [4.78, 5) is 27.5. The number of hydrogen-bond acceptors (Lipinski definition) is 3. The van der Waals surface area contributed by atoms with Crippen LogP contribution < -0.4 is 10.6 Å². The van der Waals surface area contributed by atoms with Gasteiger partial charge in [0.1, 0.15) is 5.82 Å². The third kappa shape index (κ3) is 4.38. The highest BCUT2D eigenvalue weighted by molar-refractivity contribution is 5.97. The molecule has 0 aliphatic heterocycles. The second-order valence-electron chi connectivity index (χ2n) is 6.15. The van der Waals surface area contributed by atoms with Crippen molar-refractivity contribution < 1.29 is 14.0 Å². The Morgan fingerprint density at radius 3 is 2.67 bits per heavy atom. The summed E-state index contributed by atoms with van der Waals surface area (Å²) in [7, 11) is 0. The first-order valence-electron chi connectivity index (χ1n) is 8.37. The molecule has 0 saturated heterocycles. The fourth-order valence-electron chi connectivity index (χ4n) is 2.64. The van der Waals surface area contributed by atoms with Gasteiger partial charge in [-0.05, 0) is 42.3 Å². The molecule has 2 N–H and O–H groups in total. The first-order chi connectivity index (χ1) is 12.9. The van der Waals surface area contributed by atoms with E-state index in [1.807, 2.05) is 6.92 Å². The lowest BCUT2D eigenvalue weighted by Crippen LogP contribution is -2.23. The van der Waals surface area contributed by atoms with Gasteiger partial charge in [-0.25, -0.2) is 9.37 Å². The van der Waals surface area contributed by atoms with Gasteiger partial charge in [0.05, 0.1) is 12.0 Å². The lowest BCUT2D eigenvalue weighted by molar-refractivity contribution is -0.114. The van der Waals surface area contributed by atoms with Gasteiger partial charge < -0.3 is 15.2 Å². The molecular weight excluding hydrogens is 347 g/mol. The van der Waals surface area contributed by atoms with E-state index < -0.39 is 5.82 Å². The minimum absolute atomic E-state index is 0.184. The average Bonchev–Trinajstić information content (AvgIpc) is 3.15. The average molecular weight is 366 g/mol. The number of carbonyl (C=O) groups excluding carboxylic acids is 2. The third-order valence-electron chi connectivity index (χ3n) is 4.06. The fourth-order valence-corrected chi connectivity index (χ4v) is 2.64. The van der Waals surface area contributed by atoms with Crippen molar-refractivity contribution in [2.45, 2.75) is 20.4 Å². The maximum absolute atomic E-state index is 14.3. The summed E-state index contributed by atoms with van der Waals surface area (Å²) in [5.41, 5.74) is 2.89. The highest BCUT2D eigenvalue weighted by Crippen LogP contribution is 2.18. The van der Waals surface area contributed by atoms with Crippen molar-refractivity contribution >= 4 is 17.5 Å². The van der Waals surface area contributed by atoms with Crippen LogP contribution in [0.2, 0.25) is 0 Å². The van der Waals surface area contributed by atoms with Crippen molar-refractivity contribution in [3.05, 3.63) is 77.6 Å². The van der Waals surface area contributed by atoms with Crippen LogP contribution >= 0.6 is 0 Å². The van der Waals surface area contributed by atoms with E-state index in [1.54, 1.807) is 47.3 Å². The molecule has 0 bridgehead atoms. The lowest BCUT2D eigenvalue weighted by atomic mass is 10.1. The number of halogens is 1. The van der Waals surface area contributed by atoms with Crippen LogP contribution in [-0.2, 0) is 11.3 Å². The summed E-state index contributed by atoms with van der Waals surface area (Å²) in [5.74, 6) is -0.909. The second kappa shape index (κ2) is 7.82. The van der Waals surface area contributed by atoms with E-state index in [0.717, 1.165) is 5.56 Å². The van der Waals surface area contributed by atoms with Gasteiger partial charge in [-0.1, -0.05) is 12.1 Å². The highest BCUT2D eigenvalue weighted by Gasteiger charge is 2.10. The van der Waals surface area contributed by atoms with Gasteiger partial charge >= 0.3 is 0 Å². The third-order valence-corrected chi connectivity index (χ3v) is 4.06. The molecule has 7 heteroatoms. The van der Waals surface area contributed by atoms with Crippen LogP contribution in [0.25, 0.3) is 5.69 Å². The number of benzene rings is 2. The highest BCUT2D eigenvalue weighted by atomic mass is 19.1. The number of anilines is 1. The Bertz CT molecular complexity index is 984. The maximum atomic E-state index is 14.3. The van der Waals surface area contributed by atoms with Crippen molar-refractivity contribution in [1.29, 1.82) is 0 Å². The normalized spacial score (nSPS) is 10.5. The van der Waals surface area contributed by atoms with Crippen molar-refractivity contribution in [1.82, 2.24) is 14.9 Å². The Kier molecular flexibility index (Phi) is 5.30. The van der Waals surface area contributed by atoms with Crippen LogP contribution in [0.5, 0.6) is 0 Å². The van der Waals surface area contributed by atoms with E-state index in [0.29, 0.717) is 22.5 Å². The molecule has 2 amide bonds. The minimum Gasteiger partial charge on any atom is -0.348 e. The summed E-state index contributed by atoms with van der Waals surface area (Å²) in [5, 5.41) is 5.45. The number of aromatic nitrogens is 2. The Morgan fingerprint density at radius 2 is 2.00 bits per heavy atom. The number of nitrogens with one attached hydrogen (secondary N) is 2. The Hall–Kier alpha value is -3.48. The van der Waals surface area contributed by atoms with Crippen molar-refractivity contribution in [2.75, 3.05) is 5.32 Å². The van der Waals surface area contributed by atoms with Gasteiger partial charge in [0, 0.05) is 37.1 Å². The van der Waals surface area contributed by atoms with Gasteiger partial charge in [0.15, 0.2) is 0 Å². The van der Waals surface area contributed by atoms with Gasteiger partial charge in [0.2, 0.25) is 5.91 Å². The maximum Gasteiger partial charge on any atom is 0.251 e. The minimum atomic E-state index is -0.400. The molecule has 3 rings (SSSR count). The molecule has 0 aliphatic rings. The standard InChI is InChI=1S/C20H19FN4O2/c1-13-3-5-16(10-18(13)24-14(2)26)20(27)23-11-15-4-6-19(17(21)9-15)25-8-7-22-12-25/h3-10,12H,11H2,1-2H3,(H,23,27)(H,24,26). The molecule has 0 atom stereocenters. The number of imidazole rings is 1. The summed E-state index contributed by atoms with van der Waals surface area (Å²) >= 11 is 0. The molecule has 138 valence electrons. The van der Waals surface area contributed by atoms with E-state index in [2.05, 4.69) is 15.6 Å². The molecule has 0 spiro atoms. The van der Waals surface area contributed by atoms with E-state index in [9.17, 15) is 14.0 Å². The van der Waals surface area contributed by atoms with Crippen LogP contribution in [0, 0.1) is 12.7 Å². The van der Waals surface area contributed by atoms with Gasteiger partial charge in [-0.2, -0.15) is 0 Å². The summed E-state index contributed by atoms with van der Waals surface area (Å²) in [6.07, 6.45) is 4.75. The topological polar surface area (TPSA) is 76.0 Å². The van der Waals surface area contributed by atoms with Gasteiger partial charge in [-0.15, -0.1) is 0 Å². The monoisotopic (exact) mass is 366 g/mol.